The molecule has 3 rings (SSSR count). The van der Waals surface area contributed by atoms with Gasteiger partial charge in [0.1, 0.15) is 5.75 Å². The van der Waals surface area contributed by atoms with Crippen molar-refractivity contribution in [1.29, 1.82) is 0 Å². The van der Waals surface area contributed by atoms with Gasteiger partial charge in [0.05, 0.1) is 17.3 Å². The maximum atomic E-state index is 12.3. The van der Waals surface area contributed by atoms with Crippen LogP contribution in [0, 0.1) is 3.95 Å². The molecule has 7 nitrogen and oxygen atoms in total. The van der Waals surface area contributed by atoms with E-state index in [4.69, 9.17) is 22.1 Å². The Morgan fingerprint density at radius 3 is 2.93 bits per heavy atom. The maximum Gasteiger partial charge on any atom is 0.303 e. The average molecular weight is 404 g/mol. The highest BCUT2D eigenvalue weighted by Crippen LogP contribution is 2.29. The van der Waals surface area contributed by atoms with Crippen LogP contribution in [0.2, 0.25) is 0 Å². The lowest BCUT2D eigenvalue weighted by Crippen LogP contribution is -2.30. The molecule has 1 aliphatic rings. The summed E-state index contributed by atoms with van der Waals surface area (Å²) in [5, 5.41) is 20.4. The van der Waals surface area contributed by atoms with Crippen LogP contribution in [0.5, 0.6) is 11.6 Å². The lowest BCUT2D eigenvalue weighted by atomic mass is 10.1. The van der Waals surface area contributed by atoms with Gasteiger partial charge in [0, 0.05) is 29.8 Å². The number of aromatic nitrogens is 1. The minimum absolute atomic E-state index is 0.0150. The molecule has 0 bridgehead atoms. The Kier molecular flexibility index (Phi) is 5.52. The third-order valence-corrected chi connectivity index (χ3v) is 5.36. The summed E-state index contributed by atoms with van der Waals surface area (Å²) in [7, 11) is 1.54. The highest BCUT2D eigenvalue weighted by molar-refractivity contribution is 7.73. The molecule has 0 radical (unpaired) electrons. The minimum atomic E-state index is -0.905. The summed E-state index contributed by atoms with van der Waals surface area (Å²) in [5.41, 5.74) is 0.330. The van der Waals surface area contributed by atoms with Crippen LogP contribution in [0.25, 0.3) is 12.2 Å². The Morgan fingerprint density at radius 2 is 2.22 bits per heavy atom. The van der Waals surface area contributed by atoms with E-state index in [2.05, 4.69) is 4.99 Å². The lowest BCUT2D eigenvalue weighted by molar-refractivity contribution is -0.137. The first-order valence-corrected chi connectivity index (χ1v) is 9.26. The molecule has 140 valence electrons. The average Bonchev–Trinajstić information content (AvgIpc) is 2.89. The quantitative estimate of drug-likeness (QED) is 0.563. The third-order valence-electron chi connectivity index (χ3n) is 3.97. The van der Waals surface area contributed by atoms with Crippen LogP contribution < -0.4 is 15.3 Å². The predicted molar refractivity (Wildman–Crippen MR) is 103 cm³/mol. The van der Waals surface area contributed by atoms with Gasteiger partial charge >= 0.3 is 5.97 Å². The number of carboxylic acids is 1. The van der Waals surface area contributed by atoms with E-state index in [1.807, 2.05) is 0 Å². The van der Waals surface area contributed by atoms with Crippen LogP contribution in [0.3, 0.4) is 0 Å². The summed E-state index contributed by atoms with van der Waals surface area (Å²) in [6.45, 7) is 0.293. The van der Waals surface area contributed by atoms with E-state index in [0.717, 1.165) is 16.6 Å². The summed E-state index contributed by atoms with van der Waals surface area (Å²) in [4.78, 5) is 27.5. The van der Waals surface area contributed by atoms with Gasteiger partial charge < -0.3 is 14.9 Å². The number of carbonyl (C=O) groups excluding carboxylic acids is 1. The van der Waals surface area contributed by atoms with Crippen LogP contribution in [0.4, 0.5) is 0 Å². The van der Waals surface area contributed by atoms with Crippen molar-refractivity contribution in [2.24, 2.45) is 4.99 Å². The number of benzene rings is 1. The summed E-state index contributed by atoms with van der Waals surface area (Å²) < 4.78 is 7.02. The summed E-state index contributed by atoms with van der Waals surface area (Å²) >= 11 is 6.39. The van der Waals surface area contributed by atoms with E-state index in [0.29, 0.717) is 38.5 Å². The van der Waals surface area contributed by atoms with Gasteiger partial charge in [0.15, 0.2) is 3.95 Å². The van der Waals surface area contributed by atoms with Crippen LogP contribution >= 0.6 is 23.6 Å². The van der Waals surface area contributed by atoms with Crippen LogP contribution in [-0.2, 0) is 16.1 Å². The number of hydrogen-bond donors (Lipinski definition) is 2. The number of aliphatic carboxylic acids is 1. The molecule has 1 aromatic carbocycles. The number of fused-ring (bicyclic) bond motifs is 1. The summed E-state index contributed by atoms with van der Waals surface area (Å²) in [5.74, 6) is -0.797. The van der Waals surface area contributed by atoms with Gasteiger partial charge in [-0.3, -0.25) is 14.2 Å². The minimum Gasteiger partial charge on any atom is -0.497 e. The number of thiazole rings is 1. The molecule has 1 aromatic heterocycles. The molecule has 0 saturated heterocycles. The molecule has 0 aliphatic carbocycles. The number of ether oxygens (including phenoxy) is 1. The van der Waals surface area contributed by atoms with Crippen molar-refractivity contribution in [2.75, 3.05) is 7.11 Å². The van der Waals surface area contributed by atoms with Gasteiger partial charge in [0.2, 0.25) is 5.88 Å². The van der Waals surface area contributed by atoms with Gasteiger partial charge in [-0.15, -0.1) is 11.3 Å². The van der Waals surface area contributed by atoms with E-state index in [-0.39, 0.29) is 12.3 Å². The molecular formula is C18H16N2O5S2. The summed E-state index contributed by atoms with van der Waals surface area (Å²) in [6.07, 6.45) is 3.57. The first-order chi connectivity index (χ1) is 12.9. The SMILES string of the molecule is COc1ccc2c(c1)=NC(=O)/C(=C/c1sc(=S)n(CCCC(=O)O)c1O)C=2. The molecule has 27 heavy (non-hydrogen) atoms. The van der Waals surface area contributed by atoms with E-state index in [1.54, 1.807) is 37.5 Å². The predicted octanol–water partition coefficient (Wildman–Crippen LogP) is 1.88. The second-order valence-corrected chi connectivity index (χ2v) is 7.47. The van der Waals surface area contributed by atoms with Gasteiger partial charge in [-0.25, -0.2) is 4.99 Å². The molecule has 1 amide bonds. The number of aromatic hydroxyl groups is 1. The van der Waals surface area contributed by atoms with Crippen LogP contribution in [0.1, 0.15) is 17.7 Å². The Bertz CT molecular complexity index is 1130. The van der Waals surface area contributed by atoms with Crippen molar-refractivity contribution in [3.63, 3.8) is 0 Å². The van der Waals surface area contributed by atoms with Crippen molar-refractivity contribution >= 4 is 47.6 Å². The van der Waals surface area contributed by atoms with Crippen LogP contribution in [-0.4, -0.2) is 33.8 Å². The third kappa shape index (κ3) is 4.15. The number of carbonyl (C=O) groups is 2. The first-order valence-electron chi connectivity index (χ1n) is 8.04. The molecule has 2 aromatic rings. The van der Waals surface area contributed by atoms with Gasteiger partial charge in [-0.05, 0) is 42.9 Å². The largest absolute Gasteiger partial charge is 0.497 e. The fraction of sp³-hybridized carbons (Fsp3) is 0.222. The van der Waals surface area contributed by atoms with Crippen LogP contribution in [0.15, 0.2) is 28.8 Å². The van der Waals surface area contributed by atoms with Crippen molar-refractivity contribution in [2.45, 2.75) is 19.4 Å². The molecule has 2 N–H and O–H groups in total. The molecular weight excluding hydrogens is 388 g/mol. The van der Waals surface area contributed by atoms with Crippen molar-refractivity contribution < 1.29 is 24.5 Å². The van der Waals surface area contributed by atoms with Crippen molar-refractivity contribution in [3.8, 4) is 11.6 Å². The van der Waals surface area contributed by atoms with E-state index >= 15 is 0 Å². The number of amides is 1. The van der Waals surface area contributed by atoms with Gasteiger partial charge in [-0.2, -0.15) is 0 Å². The second-order valence-electron chi connectivity index (χ2n) is 5.79. The van der Waals surface area contributed by atoms with E-state index in [1.165, 1.54) is 4.57 Å². The molecule has 0 spiro atoms. The Labute approximate surface area is 163 Å². The molecule has 2 heterocycles. The molecule has 9 heteroatoms. The van der Waals surface area contributed by atoms with E-state index in [9.17, 15) is 14.7 Å². The zero-order valence-corrected chi connectivity index (χ0v) is 16.0. The molecule has 0 atom stereocenters. The van der Waals surface area contributed by atoms with Crippen molar-refractivity contribution in [3.05, 3.63) is 43.2 Å². The Morgan fingerprint density at radius 1 is 1.44 bits per heavy atom. The summed E-state index contributed by atoms with van der Waals surface area (Å²) in [6, 6.07) is 5.26. The second kappa shape index (κ2) is 7.85. The standard InChI is InChI=1S/C18H16N2O5S2/c1-25-12-5-4-10-7-11(16(23)19-13(10)9-12)8-14-17(24)20(18(26)27-14)6-2-3-15(21)22/h4-5,7-9,24H,2-3,6H2,1H3,(H,21,22)/b11-8+. The zero-order valence-electron chi connectivity index (χ0n) is 14.3. The zero-order chi connectivity index (χ0) is 19.6. The fourth-order valence-electron chi connectivity index (χ4n) is 2.61. The first kappa shape index (κ1) is 19.0. The van der Waals surface area contributed by atoms with E-state index < -0.39 is 11.9 Å². The topological polar surface area (TPSA) is 101 Å². The highest BCUT2D eigenvalue weighted by Gasteiger charge is 2.15. The molecule has 1 aliphatic heterocycles. The number of carboxylic acid groups (broad SMARTS) is 1. The Hall–Kier alpha value is -2.78. The number of nitrogens with zero attached hydrogens (tertiary/aromatic N) is 2. The monoisotopic (exact) mass is 404 g/mol. The molecule has 0 fully saturated rings. The maximum absolute atomic E-state index is 12.3. The number of rotatable bonds is 6. The molecule has 0 unspecified atom stereocenters. The normalized spacial score (nSPS) is 14.4. The number of methoxy groups -OCH3 is 1. The highest BCUT2D eigenvalue weighted by atomic mass is 32.1. The lowest BCUT2D eigenvalue weighted by Gasteiger charge is -2.05. The molecule has 0 saturated carbocycles. The smallest absolute Gasteiger partial charge is 0.303 e. The van der Waals surface area contributed by atoms with Gasteiger partial charge in [-0.1, -0.05) is 0 Å². The fourth-order valence-corrected chi connectivity index (χ4v) is 3.92. The van der Waals surface area contributed by atoms with Gasteiger partial charge in [0.25, 0.3) is 5.91 Å². The van der Waals surface area contributed by atoms with Crippen molar-refractivity contribution in [1.82, 2.24) is 4.57 Å². The number of hydrogen-bond acceptors (Lipinski definition) is 6. The Balaban J connectivity index is 1.95.